The lowest BCUT2D eigenvalue weighted by molar-refractivity contribution is 0.0603. The molecule has 1 amide bonds. The molecule has 0 aliphatic rings. The molecule has 7 nitrogen and oxygen atoms in total. The van der Waals surface area contributed by atoms with E-state index < -0.39 is 5.97 Å². The van der Waals surface area contributed by atoms with Crippen molar-refractivity contribution >= 4 is 39.1 Å². The van der Waals surface area contributed by atoms with Crippen molar-refractivity contribution in [2.24, 2.45) is 0 Å². The Hall–Kier alpha value is -4.69. The summed E-state index contributed by atoms with van der Waals surface area (Å²) in [6.45, 7) is 2.42. The fourth-order valence-electron chi connectivity index (χ4n) is 4.37. The number of benzene rings is 3. The van der Waals surface area contributed by atoms with Crippen molar-refractivity contribution in [1.29, 1.82) is 0 Å². The Morgan fingerprint density at radius 3 is 2.41 bits per heavy atom. The maximum atomic E-state index is 13.8. The van der Waals surface area contributed by atoms with Gasteiger partial charge < -0.3 is 19.5 Å². The molecular weight excluding hydrogens is 512 g/mol. The van der Waals surface area contributed by atoms with Crippen LogP contribution in [-0.2, 0) is 4.74 Å². The highest BCUT2D eigenvalue weighted by molar-refractivity contribution is 7.15. The van der Waals surface area contributed by atoms with E-state index in [2.05, 4.69) is 5.32 Å². The first-order valence-corrected chi connectivity index (χ1v) is 13.2. The number of amides is 1. The van der Waals surface area contributed by atoms with Crippen molar-refractivity contribution < 1.29 is 23.8 Å². The van der Waals surface area contributed by atoms with Crippen LogP contribution < -0.4 is 14.8 Å². The zero-order valence-electron chi connectivity index (χ0n) is 21.7. The Morgan fingerprint density at radius 1 is 0.923 bits per heavy atom. The number of para-hydroxylation sites is 2. The minimum Gasteiger partial charge on any atom is -0.497 e. The Bertz CT molecular complexity index is 1660. The van der Waals surface area contributed by atoms with Crippen LogP contribution in [0.5, 0.6) is 11.5 Å². The molecule has 8 heteroatoms. The number of carbonyl (C=O) groups excluding carboxylic acids is 2. The van der Waals surface area contributed by atoms with E-state index in [0.29, 0.717) is 56.4 Å². The van der Waals surface area contributed by atoms with Crippen LogP contribution in [0.15, 0.2) is 84.2 Å². The predicted octanol–water partition coefficient (Wildman–Crippen LogP) is 7.08. The fourth-order valence-corrected chi connectivity index (χ4v) is 5.32. The quantitative estimate of drug-likeness (QED) is 0.213. The van der Waals surface area contributed by atoms with Crippen LogP contribution in [0.3, 0.4) is 0 Å². The zero-order chi connectivity index (χ0) is 27.4. The Kier molecular flexibility index (Phi) is 7.56. The van der Waals surface area contributed by atoms with Crippen LogP contribution in [0, 0.1) is 0 Å². The van der Waals surface area contributed by atoms with Crippen molar-refractivity contribution in [3.63, 3.8) is 0 Å². The van der Waals surface area contributed by atoms with Gasteiger partial charge in [-0.15, -0.1) is 11.3 Å². The first kappa shape index (κ1) is 25.9. The molecule has 0 aliphatic carbocycles. The fraction of sp³-hybridized carbons (Fsp3) is 0.129. The number of fused-ring (bicyclic) bond motifs is 1. The third-order valence-electron chi connectivity index (χ3n) is 6.23. The van der Waals surface area contributed by atoms with Crippen molar-refractivity contribution in [3.05, 3.63) is 95.4 Å². The van der Waals surface area contributed by atoms with Crippen molar-refractivity contribution in [1.82, 2.24) is 4.98 Å². The molecule has 0 radical (unpaired) electrons. The second-order valence-corrected chi connectivity index (χ2v) is 9.41. The molecule has 0 fully saturated rings. The third-order valence-corrected chi connectivity index (χ3v) is 7.13. The number of thiophene rings is 1. The normalized spacial score (nSPS) is 10.7. The molecule has 5 rings (SSSR count). The molecule has 0 bridgehead atoms. The summed E-state index contributed by atoms with van der Waals surface area (Å²) in [5, 5.41) is 5.88. The summed E-state index contributed by atoms with van der Waals surface area (Å²) in [7, 11) is 2.92. The summed E-state index contributed by atoms with van der Waals surface area (Å²) < 4.78 is 16.1. The monoisotopic (exact) mass is 538 g/mol. The number of nitrogens with one attached hydrogen (secondary N) is 1. The van der Waals surface area contributed by atoms with E-state index in [1.165, 1.54) is 18.4 Å². The van der Waals surface area contributed by atoms with E-state index in [9.17, 15) is 9.59 Å². The number of hydrogen-bond donors (Lipinski definition) is 1. The summed E-state index contributed by atoms with van der Waals surface area (Å²) in [4.78, 5) is 31.5. The number of anilines is 1. The van der Waals surface area contributed by atoms with Gasteiger partial charge in [-0.25, -0.2) is 9.78 Å². The molecule has 1 N–H and O–H groups in total. The van der Waals surface area contributed by atoms with E-state index in [1.807, 2.05) is 85.1 Å². The number of aromatic nitrogens is 1. The number of rotatable bonds is 8. The lowest BCUT2D eigenvalue weighted by atomic mass is 10.0. The highest BCUT2D eigenvalue weighted by Crippen LogP contribution is 2.38. The van der Waals surface area contributed by atoms with E-state index in [1.54, 1.807) is 13.2 Å². The molecule has 0 aliphatic heterocycles. The van der Waals surface area contributed by atoms with Crippen LogP contribution in [0.4, 0.5) is 5.00 Å². The molecule has 0 atom stereocenters. The molecule has 0 saturated heterocycles. The van der Waals surface area contributed by atoms with Crippen LogP contribution in [-0.4, -0.2) is 37.7 Å². The minimum atomic E-state index is -0.539. The molecule has 39 heavy (non-hydrogen) atoms. The smallest absolute Gasteiger partial charge is 0.341 e. The van der Waals surface area contributed by atoms with Gasteiger partial charge in [-0.3, -0.25) is 4.79 Å². The number of hydrogen-bond acceptors (Lipinski definition) is 7. The maximum Gasteiger partial charge on any atom is 0.341 e. The van der Waals surface area contributed by atoms with Crippen LogP contribution >= 0.6 is 11.3 Å². The molecule has 2 heterocycles. The number of ether oxygens (including phenoxy) is 3. The van der Waals surface area contributed by atoms with E-state index in [0.717, 1.165) is 11.1 Å². The molecule has 3 aromatic carbocycles. The Morgan fingerprint density at radius 2 is 1.67 bits per heavy atom. The third kappa shape index (κ3) is 5.19. The van der Waals surface area contributed by atoms with E-state index in [-0.39, 0.29) is 5.91 Å². The van der Waals surface area contributed by atoms with Gasteiger partial charge in [0.2, 0.25) is 0 Å². The second kappa shape index (κ2) is 11.4. The second-order valence-electron chi connectivity index (χ2n) is 8.53. The number of methoxy groups -OCH3 is 2. The van der Waals surface area contributed by atoms with Crippen LogP contribution in [0.25, 0.3) is 33.3 Å². The number of pyridine rings is 1. The molecule has 5 aromatic rings. The van der Waals surface area contributed by atoms with Gasteiger partial charge in [-0.05, 0) is 48.9 Å². The van der Waals surface area contributed by atoms with Gasteiger partial charge in [0, 0.05) is 21.9 Å². The van der Waals surface area contributed by atoms with Gasteiger partial charge in [-0.1, -0.05) is 42.5 Å². The molecule has 0 spiro atoms. The van der Waals surface area contributed by atoms with Gasteiger partial charge >= 0.3 is 5.97 Å². The summed E-state index contributed by atoms with van der Waals surface area (Å²) in [6.07, 6.45) is 0. The highest BCUT2D eigenvalue weighted by Gasteiger charge is 2.24. The van der Waals surface area contributed by atoms with E-state index in [4.69, 9.17) is 19.2 Å². The summed E-state index contributed by atoms with van der Waals surface area (Å²) in [5.74, 6) is 0.484. The Balaban J connectivity index is 1.57. The van der Waals surface area contributed by atoms with E-state index >= 15 is 0 Å². The molecule has 0 unspecified atom stereocenters. The maximum absolute atomic E-state index is 13.8. The number of nitrogens with zero attached hydrogens (tertiary/aromatic N) is 1. The van der Waals surface area contributed by atoms with Crippen LogP contribution in [0.2, 0.25) is 0 Å². The van der Waals surface area contributed by atoms with Crippen molar-refractivity contribution in [2.45, 2.75) is 6.92 Å². The highest BCUT2D eigenvalue weighted by atomic mass is 32.1. The molecule has 196 valence electrons. The molecular formula is C31H26N2O5S. The zero-order valence-corrected chi connectivity index (χ0v) is 22.5. The SMILES string of the molecule is CCOc1ccccc1-c1cc(C(=O)Nc2scc(-c3ccc(OC)cc3)c2C(=O)OC)c2ccccc2n1. The average molecular weight is 539 g/mol. The van der Waals surface area contributed by atoms with Gasteiger partial charge in [0.15, 0.2) is 0 Å². The predicted molar refractivity (Wildman–Crippen MR) is 154 cm³/mol. The lowest BCUT2D eigenvalue weighted by Gasteiger charge is -2.13. The first-order chi connectivity index (χ1) is 19.0. The molecule has 2 aromatic heterocycles. The number of esters is 1. The minimum absolute atomic E-state index is 0.293. The van der Waals surface area contributed by atoms with Crippen molar-refractivity contribution in [3.8, 4) is 33.9 Å². The van der Waals surface area contributed by atoms with Gasteiger partial charge in [0.1, 0.15) is 22.1 Å². The van der Waals surface area contributed by atoms with Gasteiger partial charge in [0.25, 0.3) is 5.91 Å². The van der Waals surface area contributed by atoms with Gasteiger partial charge in [0.05, 0.1) is 37.6 Å². The van der Waals surface area contributed by atoms with Crippen molar-refractivity contribution in [2.75, 3.05) is 26.1 Å². The first-order valence-electron chi connectivity index (χ1n) is 12.3. The lowest BCUT2D eigenvalue weighted by Crippen LogP contribution is -2.15. The Labute approximate surface area is 230 Å². The average Bonchev–Trinajstić information content (AvgIpc) is 3.40. The summed E-state index contributed by atoms with van der Waals surface area (Å²) >= 11 is 1.26. The summed E-state index contributed by atoms with van der Waals surface area (Å²) in [6, 6.07) is 24.2. The standard InChI is InChI=1S/C31H26N2O5S/c1-4-38-27-12-8-6-10-22(27)26-17-23(21-9-5-7-11-25(21)32-26)29(34)33-30-28(31(35)37-3)24(18-39-30)19-13-15-20(36-2)16-14-19/h5-18H,4H2,1-3H3,(H,33,34). The summed E-state index contributed by atoms with van der Waals surface area (Å²) in [5.41, 5.74) is 4.25. The molecule has 0 saturated carbocycles. The number of carbonyl (C=O) groups is 2. The topological polar surface area (TPSA) is 86.8 Å². The largest absolute Gasteiger partial charge is 0.497 e. The van der Waals surface area contributed by atoms with Crippen LogP contribution in [0.1, 0.15) is 27.6 Å². The van der Waals surface area contributed by atoms with Gasteiger partial charge in [-0.2, -0.15) is 0 Å².